The van der Waals surface area contributed by atoms with Gasteiger partial charge in [-0.15, -0.1) is 0 Å². The fourth-order valence-electron chi connectivity index (χ4n) is 4.60. The van der Waals surface area contributed by atoms with Crippen molar-refractivity contribution in [3.8, 4) is 0 Å². The van der Waals surface area contributed by atoms with Crippen molar-refractivity contribution in [2.75, 3.05) is 13.2 Å². The second kappa shape index (κ2) is 23.7. The molecular formula is C30H58O4. The quantitative estimate of drug-likeness (QED) is 0.0960. The van der Waals surface area contributed by atoms with Crippen LogP contribution >= 0.6 is 0 Å². The molecule has 202 valence electrons. The van der Waals surface area contributed by atoms with E-state index in [0.29, 0.717) is 26.1 Å². The number of esters is 2. The summed E-state index contributed by atoms with van der Waals surface area (Å²) in [5.74, 6) is -0.136. The van der Waals surface area contributed by atoms with Gasteiger partial charge in [0.2, 0.25) is 0 Å². The predicted molar refractivity (Wildman–Crippen MR) is 144 cm³/mol. The SMILES string of the molecule is CCCCCCCCC(CCCCCCCC)(CCCC(=O)OCCCC)C(=O)OCCCC. The molecule has 4 heteroatoms. The summed E-state index contributed by atoms with van der Waals surface area (Å²) in [4.78, 5) is 25.6. The predicted octanol–water partition coefficient (Wildman–Crippen LogP) is 9.33. The summed E-state index contributed by atoms with van der Waals surface area (Å²) in [5.41, 5.74) is -0.438. The van der Waals surface area contributed by atoms with E-state index in [9.17, 15) is 9.59 Å². The molecule has 0 spiro atoms. The normalized spacial score (nSPS) is 11.5. The highest BCUT2D eigenvalue weighted by atomic mass is 16.5. The number of carbonyl (C=O) groups excluding carboxylic acids is 2. The van der Waals surface area contributed by atoms with Crippen LogP contribution < -0.4 is 0 Å². The average molecular weight is 483 g/mol. The molecule has 0 atom stereocenters. The molecule has 4 nitrogen and oxygen atoms in total. The van der Waals surface area contributed by atoms with Crippen LogP contribution in [-0.4, -0.2) is 25.2 Å². The maximum Gasteiger partial charge on any atom is 0.312 e. The summed E-state index contributed by atoms with van der Waals surface area (Å²) in [6.45, 7) is 9.73. The van der Waals surface area contributed by atoms with Crippen molar-refractivity contribution in [2.24, 2.45) is 5.41 Å². The Kier molecular flexibility index (Phi) is 22.9. The molecule has 34 heavy (non-hydrogen) atoms. The Morgan fingerprint density at radius 3 is 1.41 bits per heavy atom. The largest absolute Gasteiger partial charge is 0.466 e. The Bertz CT molecular complexity index is 458. The number of unbranched alkanes of at least 4 members (excludes halogenated alkanes) is 12. The molecule has 0 aromatic rings. The highest BCUT2D eigenvalue weighted by molar-refractivity contribution is 5.77. The van der Waals surface area contributed by atoms with Gasteiger partial charge in [-0.25, -0.2) is 0 Å². The average Bonchev–Trinajstić information content (AvgIpc) is 2.83. The monoisotopic (exact) mass is 482 g/mol. The van der Waals surface area contributed by atoms with Crippen molar-refractivity contribution in [1.29, 1.82) is 0 Å². The van der Waals surface area contributed by atoms with E-state index in [1.165, 1.54) is 64.2 Å². The van der Waals surface area contributed by atoms with Crippen molar-refractivity contribution < 1.29 is 19.1 Å². The summed E-state index contributed by atoms with van der Waals surface area (Å²) in [6.07, 6.45) is 22.2. The van der Waals surface area contributed by atoms with Crippen molar-refractivity contribution in [3.63, 3.8) is 0 Å². The Morgan fingerprint density at radius 1 is 0.500 bits per heavy atom. The Morgan fingerprint density at radius 2 is 0.912 bits per heavy atom. The molecule has 0 aliphatic rings. The second-order valence-electron chi connectivity index (χ2n) is 10.2. The molecule has 0 aliphatic carbocycles. The van der Waals surface area contributed by atoms with E-state index in [1.54, 1.807) is 0 Å². The molecule has 0 saturated heterocycles. The number of hydrogen-bond acceptors (Lipinski definition) is 4. The minimum Gasteiger partial charge on any atom is -0.466 e. The first-order valence-electron chi connectivity index (χ1n) is 14.9. The van der Waals surface area contributed by atoms with Gasteiger partial charge in [0.05, 0.1) is 18.6 Å². The molecule has 0 aliphatic heterocycles. The van der Waals surface area contributed by atoms with Crippen LogP contribution in [-0.2, 0) is 19.1 Å². The highest BCUT2D eigenvalue weighted by Gasteiger charge is 2.38. The van der Waals surface area contributed by atoms with E-state index < -0.39 is 5.41 Å². The summed E-state index contributed by atoms with van der Waals surface area (Å²) in [7, 11) is 0. The van der Waals surface area contributed by atoms with Crippen molar-refractivity contribution in [2.45, 2.75) is 163 Å². The fraction of sp³-hybridized carbons (Fsp3) is 0.933. The van der Waals surface area contributed by atoms with Crippen LogP contribution in [0.15, 0.2) is 0 Å². The van der Waals surface area contributed by atoms with Crippen LogP contribution in [0.4, 0.5) is 0 Å². The Hall–Kier alpha value is -1.06. The van der Waals surface area contributed by atoms with Crippen molar-refractivity contribution in [3.05, 3.63) is 0 Å². The first kappa shape index (κ1) is 32.9. The van der Waals surface area contributed by atoms with Crippen LogP contribution in [0.2, 0.25) is 0 Å². The lowest BCUT2D eigenvalue weighted by Crippen LogP contribution is -2.34. The topological polar surface area (TPSA) is 52.6 Å². The minimum atomic E-state index is -0.438. The Labute approximate surface area is 212 Å². The van der Waals surface area contributed by atoms with E-state index in [1.807, 2.05) is 0 Å². The lowest BCUT2D eigenvalue weighted by atomic mass is 9.74. The third kappa shape index (κ3) is 17.4. The number of ether oxygens (including phenoxy) is 2. The van der Waals surface area contributed by atoms with Gasteiger partial charge in [-0.1, -0.05) is 118 Å². The standard InChI is InChI=1S/C30H58O4/c1-5-9-13-15-17-19-23-30(29(32)34-27-12-8-4,24-20-18-16-14-10-6-2)25-21-22-28(31)33-26-11-7-3/h5-27H2,1-4H3. The van der Waals surface area contributed by atoms with Crippen LogP contribution in [0, 0.1) is 5.41 Å². The minimum absolute atomic E-state index is 0.0117. The number of hydrogen-bond donors (Lipinski definition) is 0. The van der Waals surface area contributed by atoms with E-state index in [0.717, 1.165) is 57.8 Å². The van der Waals surface area contributed by atoms with Gasteiger partial charge in [-0.3, -0.25) is 9.59 Å². The molecule has 0 amide bonds. The van der Waals surface area contributed by atoms with Crippen LogP contribution in [0.3, 0.4) is 0 Å². The van der Waals surface area contributed by atoms with Crippen molar-refractivity contribution in [1.82, 2.24) is 0 Å². The van der Waals surface area contributed by atoms with Gasteiger partial charge in [0.1, 0.15) is 0 Å². The molecule has 0 aromatic heterocycles. The van der Waals surface area contributed by atoms with Gasteiger partial charge in [-0.05, 0) is 38.5 Å². The summed E-state index contributed by atoms with van der Waals surface area (Å²) in [6, 6.07) is 0. The Balaban J connectivity index is 5.08. The van der Waals surface area contributed by atoms with Gasteiger partial charge < -0.3 is 9.47 Å². The van der Waals surface area contributed by atoms with E-state index in [4.69, 9.17) is 9.47 Å². The molecule has 0 bridgehead atoms. The molecule has 0 radical (unpaired) electrons. The third-order valence-electron chi connectivity index (χ3n) is 6.98. The highest BCUT2D eigenvalue weighted by Crippen LogP contribution is 2.39. The lowest BCUT2D eigenvalue weighted by molar-refractivity contribution is -0.158. The molecule has 0 heterocycles. The maximum atomic E-state index is 13.4. The van der Waals surface area contributed by atoms with Gasteiger partial charge in [-0.2, -0.15) is 0 Å². The van der Waals surface area contributed by atoms with E-state index in [2.05, 4.69) is 27.7 Å². The summed E-state index contributed by atoms with van der Waals surface area (Å²) < 4.78 is 11.2. The van der Waals surface area contributed by atoms with Gasteiger partial charge in [0.15, 0.2) is 0 Å². The third-order valence-corrected chi connectivity index (χ3v) is 6.98. The van der Waals surface area contributed by atoms with Crippen LogP contribution in [0.1, 0.15) is 163 Å². The number of carbonyl (C=O) groups is 2. The lowest BCUT2D eigenvalue weighted by Gasteiger charge is -2.32. The molecule has 0 unspecified atom stereocenters. The molecule has 0 aromatic carbocycles. The van der Waals surface area contributed by atoms with Crippen LogP contribution in [0.5, 0.6) is 0 Å². The van der Waals surface area contributed by atoms with E-state index in [-0.39, 0.29) is 11.9 Å². The molecule has 0 rings (SSSR count). The van der Waals surface area contributed by atoms with Crippen molar-refractivity contribution >= 4 is 11.9 Å². The molecule has 0 saturated carbocycles. The molecule has 0 fully saturated rings. The van der Waals surface area contributed by atoms with E-state index >= 15 is 0 Å². The first-order chi connectivity index (χ1) is 16.6. The maximum absolute atomic E-state index is 13.4. The zero-order valence-electron chi connectivity index (χ0n) is 23.4. The molecule has 0 N–H and O–H groups in total. The van der Waals surface area contributed by atoms with Gasteiger partial charge in [0, 0.05) is 6.42 Å². The first-order valence-corrected chi connectivity index (χ1v) is 14.9. The zero-order valence-corrected chi connectivity index (χ0v) is 23.4. The zero-order chi connectivity index (χ0) is 25.3. The molecular weight excluding hydrogens is 424 g/mol. The smallest absolute Gasteiger partial charge is 0.312 e. The van der Waals surface area contributed by atoms with Gasteiger partial charge >= 0.3 is 11.9 Å². The number of rotatable bonds is 25. The second-order valence-corrected chi connectivity index (χ2v) is 10.2. The fourth-order valence-corrected chi connectivity index (χ4v) is 4.60. The summed E-state index contributed by atoms with van der Waals surface area (Å²) >= 11 is 0. The summed E-state index contributed by atoms with van der Waals surface area (Å²) in [5, 5.41) is 0. The van der Waals surface area contributed by atoms with Crippen LogP contribution in [0.25, 0.3) is 0 Å². The van der Waals surface area contributed by atoms with Gasteiger partial charge in [0.25, 0.3) is 0 Å².